The van der Waals surface area contributed by atoms with Gasteiger partial charge in [-0.2, -0.15) is 0 Å². The van der Waals surface area contributed by atoms with E-state index >= 15 is 0 Å². The van der Waals surface area contributed by atoms with Crippen LogP contribution in [0.5, 0.6) is 0 Å². The first-order valence-corrected chi connectivity index (χ1v) is 8.39. The summed E-state index contributed by atoms with van der Waals surface area (Å²) < 4.78 is 13.3. The Balaban J connectivity index is 1.97. The van der Waals surface area contributed by atoms with Gasteiger partial charge in [-0.25, -0.2) is 9.18 Å². The van der Waals surface area contributed by atoms with E-state index in [2.05, 4.69) is 5.32 Å². The molecule has 1 heterocycles. The van der Waals surface area contributed by atoms with Crippen LogP contribution in [0.15, 0.2) is 53.9 Å². The quantitative estimate of drug-likeness (QED) is 0.662. The molecule has 0 bridgehead atoms. The van der Waals surface area contributed by atoms with E-state index in [1.54, 1.807) is 29.6 Å². The van der Waals surface area contributed by atoms with E-state index in [1.165, 1.54) is 18.2 Å². The Hall–Kier alpha value is -2.70. The topological polar surface area (TPSA) is 66.4 Å². The lowest BCUT2D eigenvalue weighted by molar-refractivity contribution is 0.0699. The predicted molar refractivity (Wildman–Crippen MR) is 96.1 cm³/mol. The fourth-order valence-electron chi connectivity index (χ4n) is 2.34. The average molecular weight is 376 g/mol. The van der Waals surface area contributed by atoms with Crippen molar-refractivity contribution in [2.75, 3.05) is 5.32 Å². The molecule has 0 aliphatic carbocycles. The number of benzene rings is 2. The molecule has 3 aromatic rings. The second kappa shape index (κ2) is 7.04. The number of hydrogen-bond donors (Lipinski definition) is 2. The molecule has 1 aromatic heterocycles. The normalized spacial score (nSPS) is 10.5. The van der Waals surface area contributed by atoms with Crippen molar-refractivity contribution in [3.05, 3.63) is 75.9 Å². The maximum absolute atomic E-state index is 13.3. The highest BCUT2D eigenvalue weighted by Crippen LogP contribution is 2.36. The number of hydrogen-bond acceptors (Lipinski definition) is 3. The van der Waals surface area contributed by atoms with Gasteiger partial charge in [0.1, 0.15) is 16.4 Å². The smallest absolute Gasteiger partial charge is 0.339 e. The zero-order chi connectivity index (χ0) is 18.0. The van der Waals surface area contributed by atoms with E-state index in [0.717, 1.165) is 17.4 Å². The summed E-state index contributed by atoms with van der Waals surface area (Å²) in [6.45, 7) is 0. The fourth-order valence-corrected chi connectivity index (χ4v) is 3.48. The van der Waals surface area contributed by atoms with Gasteiger partial charge in [0.2, 0.25) is 0 Å². The van der Waals surface area contributed by atoms with Crippen molar-refractivity contribution in [1.82, 2.24) is 0 Å². The molecule has 0 fully saturated rings. The number of thiophene rings is 1. The molecule has 0 saturated carbocycles. The summed E-state index contributed by atoms with van der Waals surface area (Å²) in [5.41, 5.74) is 1.16. The lowest BCUT2D eigenvalue weighted by Gasteiger charge is -2.06. The molecule has 0 aliphatic heterocycles. The molecule has 4 nitrogen and oxygen atoms in total. The third-order valence-corrected chi connectivity index (χ3v) is 4.58. The van der Waals surface area contributed by atoms with Gasteiger partial charge in [-0.15, -0.1) is 11.3 Å². The molecule has 0 aliphatic rings. The van der Waals surface area contributed by atoms with Crippen molar-refractivity contribution < 1.29 is 19.1 Å². The van der Waals surface area contributed by atoms with Crippen LogP contribution in [0.3, 0.4) is 0 Å². The Morgan fingerprint density at radius 2 is 1.88 bits per heavy atom. The first kappa shape index (κ1) is 17.1. The summed E-state index contributed by atoms with van der Waals surface area (Å²) >= 11 is 7.05. The number of aromatic carboxylic acids is 1. The van der Waals surface area contributed by atoms with Crippen LogP contribution >= 0.6 is 22.9 Å². The Morgan fingerprint density at radius 3 is 2.56 bits per heavy atom. The summed E-state index contributed by atoms with van der Waals surface area (Å²) in [5, 5.41) is 14.4. The molecule has 7 heteroatoms. The summed E-state index contributed by atoms with van der Waals surface area (Å²) in [6.07, 6.45) is 0. The lowest BCUT2D eigenvalue weighted by atomic mass is 10.0. The van der Waals surface area contributed by atoms with Gasteiger partial charge in [-0.3, -0.25) is 4.79 Å². The van der Waals surface area contributed by atoms with Crippen LogP contribution < -0.4 is 5.32 Å². The minimum absolute atomic E-state index is 0.0305. The highest BCUT2D eigenvalue weighted by atomic mass is 35.5. The van der Waals surface area contributed by atoms with Crippen molar-refractivity contribution in [3.63, 3.8) is 0 Å². The second-order valence-electron chi connectivity index (χ2n) is 5.13. The molecule has 0 spiro atoms. The predicted octanol–water partition coefficient (Wildman–Crippen LogP) is 5.16. The Bertz CT molecular complexity index is 970. The SMILES string of the molecule is O=C(Nc1scc(-c2cccc(Cl)c2)c1C(=O)O)c1cccc(F)c1. The van der Waals surface area contributed by atoms with Crippen LogP contribution in [-0.4, -0.2) is 17.0 Å². The fraction of sp³-hybridized carbons (Fsp3) is 0. The zero-order valence-electron chi connectivity index (χ0n) is 12.6. The first-order valence-electron chi connectivity index (χ1n) is 7.13. The minimum Gasteiger partial charge on any atom is -0.478 e. The maximum Gasteiger partial charge on any atom is 0.339 e. The van der Waals surface area contributed by atoms with Crippen molar-refractivity contribution >= 4 is 39.8 Å². The molecule has 25 heavy (non-hydrogen) atoms. The van der Waals surface area contributed by atoms with E-state index in [-0.39, 0.29) is 16.1 Å². The monoisotopic (exact) mass is 375 g/mol. The van der Waals surface area contributed by atoms with Gasteiger partial charge in [-0.1, -0.05) is 29.8 Å². The van der Waals surface area contributed by atoms with Gasteiger partial charge >= 0.3 is 5.97 Å². The van der Waals surface area contributed by atoms with Crippen molar-refractivity contribution in [3.8, 4) is 11.1 Å². The number of amides is 1. The molecule has 126 valence electrons. The van der Waals surface area contributed by atoms with Crippen LogP contribution in [0.25, 0.3) is 11.1 Å². The highest BCUT2D eigenvalue weighted by molar-refractivity contribution is 7.15. The molecule has 2 N–H and O–H groups in total. The van der Waals surface area contributed by atoms with Crippen LogP contribution in [-0.2, 0) is 0 Å². The average Bonchev–Trinajstić information content (AvgIpc) is 2.98. The second-order valence-corrected chi connectivity index (χ2v) is 6.45. The Labute approximate surface area is 151 Å². The van der Waals surface area contributed by atoms with Gasteiger partial charge in [0.05, 0.1) is 0 Å². The number of anilines is 1. The molecule has 0 atom stereocenters. The largest absolute Gasteiger partial charge is 0.478 e. The van der Waals surface area contributed by atoms with Gasteiger partial charge in [0.15, 0.2) is 0 Å². The van der Waals surface area contributed by atoms with Crippen LogP contribution in [0, 0.1) is 5.82 Å². The molecule has 1 amide bonds. The number of carbonyl (C=O) groups is 2. The summed E-state index contributed by atoms with van der Waals surface area (Å²) in [5.74, 6) is -2.30. The van der Waals surface area contributed by atoms with Gasteiger partial charge in [0, 0.05) is 21.5 Å². The van der Waals surface area contributed by atoms with E-state index in [0.29, 0.717) is 16.1 Å². The summed E-state index contributed by atoms with van der Waals surface area (Å²) in [4.78, 5) is 24.0. The van der Waals surface area contributed by atoms with Gasteiger partial charge in [-0.05, 0) is 35.9 Å². The van der Waals surface area contributed by atoms with Crippen LogP contribution in [0.1, 0.15) is 20.7 Å². The van der Waals surface area contributed by atoms with E-state index in [9.17, 15) is 19.1 Å². The first-order chi connectivity index (χ1) is 12.0. The standard InChI is InChI=1S/C18H11ClFNO3S/c19-12-5-1-3-10(7-12)14-9-25-17(15(14)18(23)24)21-16(22)11-4-2-6-13(20)8-11/h1-9H,(H,21,22)(H,23,24). The van der Waals surface area contributed by atoms with Crippen molar-refractivity contribution in [2.24, 2.45) is 0 Å². The minimum atomic E-state index is -1.18. The molecular weight excluding hydrogens is 365 g/mol. The number of carbonyl (C=O) groups excluding carboxylic acids is 1. The molecule has 2 aromatic carbocycles. The van der Waals surface area contributed by atoms with E-state index in [4.69, 9.17) is 11.6 Å². The van der Waals surface area contributed by atoms with Crippen LogP contribution in [0.2, 0.25) is 5.02 Å². The van der Waals surface area contributed by atoms with E-state index < -0.39 is 17.7 Å². The molecule has 0 unspecified atom stereocenters. The zero-order valence-corrected chi connectivity index (χ0v) is 14.2. The third kappa shape index (κ3) is 3.70. The van der Waals surface area contributed by atoms with Gasteiger partial charge in [0.25, 0.3) is 5.91 Å². The molecule has 0 saturated heterocycles. The Morgan fingerprint density at radius 1 is 1.12 bits per heavy atom. The summed E-state index contributed by atoms with van der Waals surface area (Å²) in [6, 6.07) is 11.9. The molecule has 0 radical (unpaired) electrons. The number of carboxylic acid groups (broad SMARTS) is 1. The summed E-state index contributed by atoms with van der Waals surface area (Å²) in [7, 11) is 0. The number of carboxylic acids is 1. The highest BCUT2D eigenvalue weighted by Gasteiger charge is 2.21. The molecular formula is C18H11ClFNO3S. The maximum atomic E-state index is 13.3. The van der Waals surface area contributed by atoms with Crippen LogP contribution in [0.4, 0.5) is 9.39 Å². The van der Waals surface area contributed by atoms with E-state index in [1.807, 2.05) is 0 Å². The van der Waals surface area contributed by atoms with Crippen molar-refractivity contribution in [1.29, 1.82) is 0 Å². The molecule has 3 rings (SSSR count). The van der Waals surface area contributed by atoms with Gasteiger partial charge < -0.3 is 10.4 Å². The number of nitrogens with one attached hydrogen (secondary N) is 1. The third-order valence-electron chi connectivity index (χ3n) is 3.45. The van der Waals surface area contributed by atoms with Crippen molar-refractivity contribution in [2.45, 2.75) is 0 Å². The Kier molecular flexibility index (Phi) is 4.83. The lowest BCUT2D eigenvalue weighted by Crippen LogP contribution is -2.13. The number of rotatable bonds is 4. The number of halogens is 2.